The molecule has 2 aromatic heterocycles. The van der Waals surface area contributed by atoms with Crippen LogP contribution < -0.4 is 4.50 Å². The zero-order valence-corrected chi connectivity index (χ0v) is 33.8. The average molecular weight is 821 g/mol. The minimum Gasteiger partial charge on any atom is -0.512 e. The Morgan fingerprint density at radius 2 is 1.56 bits per heavy atom. The van der Waals surface area contributed by atoms with Crippen LogP contribution in [0.5, 0.6) is 0 Å². The number of hydrogen-bond acceptors (Lipinski definition) is 4. The molecule has 0 aliphatic rings. The Hall–Kier alpha value is -2.11. The van der Waals surface area contributed by atoms with Gasteiger partial charge in [0, 0.05) is 53.6 Å². The molecular weight excluding hydrogens is 767 g/mol. The molecule has 3 nitrogen and oxygen atoms in total. The summed E-state index contributed by atoms with van der Waals surface area (Å²) >= 11 is 1.95. The zero-order chi connectivity index (χ0) is 33.0. The van der Waals surface area contributed by atoms with Crippen molar-refractivity contribution in [2.75, 3.05) is 0 Å². The maximum atomic E-state index is 12.2. The molecule has 0 saturated carbocycles. The number of aromatic nitrogens is 1. The molecule has 0 aliphatic heterocycles. The number of carbonyl (C=O) groups excluding carboxylic acids is 1. The maximum absolute atomic E-state index is 12.2. The molecule has 2 aromatic carbocycles. The van der Waals surface area contributed by atoms with E-state index in [1.165, 1.54) is 38.1 Å². The Morgan fingerprint density at radius 1 is 0.978 bits per heavy atom. The Balaban J connectivity index is 0.000000343. The fourth-order valence-corrected chi connectivity index (χ4v) is 9.45. The van der Waals surface area contributed by atoms with Gasteiger partial charge in [0.05, 0.1) is 8.07 Å². The number of hydrogen-bond donors (Lipinski definition) is 1. The molecule has 6 heteroatoms. The number of aliphatic hydroxyl groups is 1. The maximum Gasteiger partial charge on any atom is 0.164 e. The standard InChI is InChI=1S/C24H26NSSi.C15H28O2.Ir/c1-15(2)21-14-18(13-17-9-7-8-10-20(17)21)22-23-19(11-12-25-22)16(3)24(26-23)27(4,5)6;1-7-14(5,8-2)12(16)11-13(17)15(6,9-3)10-4;/h7-12,14-15H,1-6H3;11,16H,7-10H2,1-6H3;/q-1;;/b;12-11-;. The number of carbonyl (C=O) groups is 1. The van der Waals surface area contributed by atoms with Crippen LogP contribution in [0.15, 0.2) is 54.4 Å². The summed E-state index contributed by atoms with van der Waals surface area (Å²) in [5.41, 5.74) is 4.41. The summed E-state index contributed by atoms with van der Waals surface area (Å²) < 4.78 is 2.89. The third-order valence-corrected chi connectivity index (χ3v) is 14.8. The second kappa shape index (κ2) is 15.7. The van der Waals surface area contributed by atoms with Crippen molar-refractivity contribution in [1.82, 2.24) is 4.98 Å². The van der Waals surface area contributed by atoms with Crippen molar-refractivity contribution in [3.05, 3.63) is 71.6 Å². The first-order chi connectivity index (χ1) is 20.6. The van der Waals surface area contributed by atoms with Crippen molar-refractivity contribution in [2.24, 2.45) is 10.8 Å². The van der Waals surface area contributed by atoms with Crippen LogP contribution in [0.4, 0.5) is 0 Å². The van der Waals surface area contributed by atoms with Gasteiger partial charge in [-0.3, -0.25) is 9.78 Å². The smallest absolute Gasteiger partial charge is 0.164 e. The Kier molecular flexibility index (Phi) is 13.6. The van der Waals surface area contributed by atoms with E-state index in [9.17, 15) is 9.90 Å². The Bertz CT molecular complexity index is 1640. The second-order valence-corrected chi connectivity index (χ2v) is 20.5. The quantitative estimate of drug-likeness (QED) is 0.0750. The van der Waals surface area contributed by atoms with Crippen LogP contribution >= 0.6 is 11.3 Å². The first kappa shape index (κ1) is 39.1. The number of thiophene rings is 1. The van der Waals surface area contributed by atoms with Crippen LogP contribution in [0.2, 0.25) is 19.6 Å². The fourth-order valence-electron chi connectivity index (χ4n) is 5.60. The number of allylic oxidation sites excluding steroid dienone is 2. The summed E-state index contributed by atoms with van der Waals surface area (Å²) in [6, 6.07) is 16.7. The largest absolute Gasteiger partial charge is 0.512 e. The summed E-state index contributed by atoms with van der Waals surface area (Å²) in [6.45, 7) is 26.2. The SMILES string of the molecule is CCC(C)(CC)C(=O)/C=C(\O)C(C)(CC)CC.Cc1c([Si](C)(C)C)sc2c(-c3[c-]c4ccccc4c(C(C)C)c3)nccc12.[Ir]. The van der Waals surface area contributed by atoms with Gasteiger partial charge in [0.15, 0.2) is 5.78 Å². The molecule has 1 N–H and O–H groups in total. The van der Waals surface area contributed by atoms with Gasteiger partial charge in [0.25, 0.3) is 0 Å². The van der Waals surface area contributed by atoms with Gasteiger partial charge in [0.2, 0.25) is 0 Å². The second-order valence-electron chi connectivity index (χ2n) is 14.1. The third-order valence-electron chi connectivity index (χ3n) is 9.82. The summed E-state index contributed by atoms with van der Waals surface area (Å²) in [5.74, 6) is 0.749. The molecule has 45 heavy (non-hydrogen) atoms. The monoisotopic (exact) mass is 821 g/mol. The van der Waals surface area contributed by atoms with Crippen LogP contribution in [0.25, 0.3) is 32.1 Å². The molecule has 0 saturated heterocycles. The molecule has 4 rings (SSSR count). The topological polar surface area (TPSA) is 50.2 Å². The van der Waals surface area contributed by atoms with E-state index >= 15 is 0 Å². The predicted molar refractivity (Wildman–Crippen MR) is 196 cm³/mol. The first-order valence-corrected chi connectivity index (χ1v) is 20.7. The number of aryl methyl sites for hydroxylation is 1. The Labute approximate surface area is 291 Å². The number of ketones is 1. The Morgan fingerprint density at radius 3 is 2.09 bits per heavy atom. The molecule has 4 aromatic rings. The molecule has 1 radical (unpaired) electrons. The van der Waals surface area contributed by atoms with E-state index in [-0.39, 0.29) is 42.5 Å². The van der Waals surface area contributed by atoms with E-state index in [2.05, 4.69) is 82.9 Å². The van der Waals surface area contributed by atoms with Gasteiger partial charge in [0.1, 0.15) is 5.76 Å². The summed E-state index contributed by atoms with van der Waals surface area (Å²) in [5, 5.41) is 14.0. The van der Waals surface area contributed by atoms with Crippen LogP contribution in [0.3, 0.4) is 0 Å². The number of pyridine rings is 1. The average Bonchev–Trinajstić information content (AvgIpc) is 3.36. The molecule has 2 heterocycles. The van der Waals surface area contributed by atoms with Gasteiger partial charge in [-0.1, -0.05) is 104 Å². The minimum absolute atomic E-state index is 0. The van der Waals surface area contributed by atoms with E-state index in [0.29, 0.717) is 5.92 Å². The summed E-state index contributed by atoms with van der Waals surface area (Å²) in [6.07, 6.45) is 6.72. The van der Waals surface area contributed by atoms with Crippen molar-refractivity contribution in [1.29, 1.82) is 0 Å². The molecular formula is C39H54IrNO2SSi-. The van der Waals surface area contributed by atoms with Crippen LogP contribution in [-0.4, -0.2) is 23.9 Å². The molecule has 247 valence electrons. The first-order valence-electron chi connectivity index (χ1n) is 16.4. The molecule has 0 aliphatic carbocycles. The van der Waals surface area contributed by atoms with E-state index in [4.69, 9.17) is 4.98 Å². The van der Waals surface area contributed by atoms with E-state index < -0.39 is 8.07 Å². The van der Waals surface area contributed by atoms with Crippen molar-refractivity contribution < 1.29 is 30.0 Å². The molecule has 0 amide bonds. The van der Waals surface area contributed by atoms with Crippen molar-refractivity contribution >= 4 is 50.6 Å². The van der Waals surface area contributed by atoms with Crippen LogP contribution in [0, 0.1) is 23.8 Å². The van der Waals surface area contributed by atoms with E-state index in [1.54, 1.807) is 4.50 Å². The van der Waals surface area contributed by atoms with Crippen molar-refractivity contribution in [3.63, 3.8) is 0 Å². The van der Waals surface area contributed by atoms with Crippen LogP contribution in [-0.2, 0) is 24.9 Å². The molecule has 0 spiro atoms. The molecule has 0 unspecified atom stereocenters. The normalized spacial score (nSPS) is 12.7. The number of nitrogens with zero attached hydrogens (tertiary/aromatic N) is 1. The van der Waals surface area contributed by atoms with Gasteiger partial charge >= 0.3 is 0 Å². The zero-order valence-electron chi connectivity index (χ0n) is 29.6. The number of aliphatic hydroxyl groups excluding tert-OH is 1. The fraction of sp³-hybridized carbons (Fsp3) is 0.487. The summed E-state index contributed by atoms with van der Waals surface area (Å²) in [4.78, 5) is 17.0. The van der Waals surface area contributed by atoms with Crippen molar-refractivity contribution in [3.8, 4) is 11.3 Å². The predicted octanol–water partition coefficient (Wildman–Crippen LogP) is 11.5. The van der Waals surface area contributed by atoms with E-state index in [1.807, 2.05) is 59.1 Å². The number of fused-ring (bicyclic) bond motifs is 2. The van der Waals surface area contributed by atoms with Crippen molar-refractivity contribution in [2.45, 2.75) is 114 Å². The van der Waals surface area contributed by atoms with Gasteiger partial charge in [-0.2, -0.15) is 11.3 Å². The van der Waals surface area contributed by atoms with Gasteiger partial charge in [-0.25, -0.2) is 0 Å². The van der Waals surface area contributed by atoms with E-state index in [0.717, 1.165) is 36.9 Å². The molecule has 0 bridgehead atoms. The van der Waals surface area contributed by atoms with Crippen LogP contribution in [0.1, 0.15) is 98.1 Å². The van der Waals surface area contributed by atoms with Gasteiger partial charge in [-0.05, 0) is 60.0 Å². The molecule has 0 fully saturated rings. The van der Waals surface area contributed by atoms with Gasteiger partial charge in [-0.15, -0.1) is 29.1 Å². The van der Waals surface area contributed by atoms with Gasteiger partial charge < -0.3 is 5.11 Å². The number of rotatable bonds is 10. The third kappa shape index (κ3) is 8.43. The summed E-state index contributed by atoms with van der Waals surface area (Å²) in [7, 11) is -1.38. The number of benzene rings is 2. The molecule has 0 atom stereocenters. The minimum atomic E-state index is -1.38.